The second-order valence-electron chi connectivity index (χ2n) is 2.97. The normalized spacial score (nSPS) is 19.6. The van der Waals surface area contributed by atoms with Crippen molar-refractivity contribution in [3.8, 4) is 0 Å². The molecule has 1 aromatic heterocycles. The van der Waals surface area contributed by atoms with Gasteiger partial charge in [-0.1, -0.05) is 6.07 Å². The number of amidine groups is 1. The van der Waals surface area contributed by atoms with Gasteiger partial charge in [-0.2, -0.15) is 0 Å². The van der Waals surface area contributed by atoms with Crippen molar-refractivity contribution >= 4 is 17.2 Å². The molecule has 1 heterocycles. The fourth-order valence-electron chi connectivity index (χ4n) is 1.32. The van der Waals surface area contributed by atoms with E-state index in [2.05, 4.69) is 6.07 Å². The van der Waals surface area contributed by atoms with Crippen molar-refractivity contribution in [2.45, 2.75) is 18.3 Å². The molecule has 2 nitrogen and oxygen atoms in total. The summed E-state index contributed by atoms with van der Waals surface area (Å²) < 4.78 is 0. The highest BCUT2D eigenvalue weighted by Crippen LogP contribution is 2.49. The van der Waals surface area contributed by atoms with Crippen molar-refractivity contribution in [2.24, 2.45) is 5.73 Å². The highest BCUT2D eigenvalue weighted by molar-refractivity contribution is 7.10. The van der Waals surface area contributed by atoms with E-state index in [1.807, 2.05) is 11.4 Å². The van der Waals surface area contributed by atoms with Gasteiger partial charge >= 0.3 is 0 Å². The van der Waals surface area contributed by atoms with E-state index in [1.54, 1.807) is 11.3 Å². The highest BCUT2D eigenvalue weighted by Gasteiger charge is 2.48. The molecule has 2 rings (SSSR count). The molecule has 0 spiro atoms. The summed E-state index contributed by atoms with van der Waals surface area (Å²) in [6.45, 7) is 0. The number of rotatable bonds is 2. The lowest BCUT2D eigenvalue weighted by atomic mass is 10.0. The zero-order valence-electron chi connectivity index (χ0n) is 6.13. The van der Waals surface area contributed by atoms with Crippen molar-refractivity contribution in [3.05, 3.63) is 22.4 Å². The van der Waals surface area contributed by atoms with Crippen LogP contribution in [0.5, 0.6) is 0 Å². The molecule has 11 heavy (non-hydrogen) atoms. The molecule has 0 saturated heterocycles. The lowest BCUT2D eigenvalue weighted by molar-refractivity contribution is 0.950. The maximum absolute atomic E-state index is 7.42. The quantitative estimate of drug-likeness (QED) is 0.510. The topological polar surface area (TPSA) is 49.9 Å². The molecule has 1 aliphatic rings. The van der Waals surface area contributed by atoms with Crippen LogP contribution in [-0.4, -0.2) is 5.84 Å². The largest absolute Gasteiger partial charge is 0.387 e. The smallest absolute Gasteiger partial charge is 0.102 e. The Bertz CT molecular complexity index is 272. The number of hydrogen-bond donors (Lipinski definition) is 2. The second-order valence-corrected chi connectivity index (χ2v) is 3.92. The Balaban J connectivity index is 2.36. The summed E-state index contributed by atoms with van der Waals surface area (Å²) in [4.78, 5) is 1.25. The molecule has 1 aromatic rings. The van der Waals surface area contributed by atoms with E-state index in [9.17, 15) is 0 Å². The minimum absolute atomic E-state index is 0.0475. The average molecular weight is 166 g/mol. The molecule has 1 fully saturated rings. The van der Waals surface area contributed by atoms with E-state index >= 15 is 0 Å². The Morgan fingerprint density at radius 3 is 2.73 bits per heavy atom. The van der Waals surface area contributed by atoms with Crippen molar-refractivity contribution in [2.75, 3.05) is 0 Å². The monoisotopic (exact) mass is 166 g/mol. The van der Waals surface area contributed by atoms with Crippen molar-refractivity contribution in [3.63, 3.8) is 0 Å². The Labute approximate surface area is 69.6 Å². The van der Waals surface area contributed by atoms with E-state index in [0.29, 0.717) is 5.84 Å². The molecule has 0 aliphatic heterocycles. The van der Waals surface area contributed by atoms with Crippen LogP contribution in [0.2, 0.25) is 0 Å². The third-order valence-corrected chi connectivity index (χ3v) is 3.33. The molecular weight excluding hydrogens is 156 g/mol. The van der Waals surface area contributed by atoms with Crippen LogP contribution in [-0.2, 0) is 5.41 Å². The molecule has 1 aliphatic carbocycles. The zero-order valence-corrected chi connectivity index (χ0v) is 6.95. The van der Waals surface area contributed by atoms with Gasteiger partial charge in [0.2, 0.25) is 0 Å². The SMILES string of the molecule is N=C(N)C1(c2cccs2)CC1. The van der Waals surface area contributed by atoms with Gasteiger partial charge in [0, 0.05) is 4.88 Å². The predicted octanol–water partition coefficient (Wildman–Crippen LogP) is 1.72. The van der Waals surface area contributed by atoms with Gasteiger partial charge in [-0.15, -0.1) is 11.3 Å². The summed E-state index contributed by atoms with van der Waals surface area (Å²) in [5.41, 5.74) is 5.47. The lowest BCUT2D eigenvalue weighted by Crippen LogP contribution is -2.26. The van der Waals surface area contributed by atoms with Crippen LogP contribution in [0.15, 0.2) is 17.5 Å². The van der Waals surface area contributed by atoms with Crippen LogP contribution in [0.3, 0.4) is 0 Å². The van der Waals surface area contributed by atoms with Gasteiger partial charge in [0.1, 0.15) is 5.84 Å². The molecule has 0 aromatic carbocycles. The average Bonchev–Trinajstić information content (AvgIpc) is 2.61. The zero-order chi connectivity index (χ0) is 7.90. The van der Waals surface area contributed by atoms with Gasteiger partial charge in [0.05, 0.1) is 5.41 Å². The van der Waals surface area contributed by atoms with E-state index < -0.39 is 0 Å². The molecule has 0 amide bonds. The van der Waals surface area contributed by atoms with Crippen LogP contribution in [0, 0.1) is 5.41 Å². The Kier molecular flexibility index (Phi) is 1.29. The molecule has 0 bridgehead atoms. The van der Waals surface area contributed by atoms with Gasteiger partial charge in [-0.05, 0) is 24.3 Å². The molecule has 0 atom stereocenters. The van der Waals surface area contributed by atoms with Crippen LogP contribution in [0.4, 0.5) is 0 Å². The predicted molar refractivity (Wildman–Crippen MR) is 47.1 cm³/mol. The van der Waals surface area contributed by atoms with Crippen LogP contribution in [0.25, 0.3) is 0 Å². The Morgan fingerprint density at radius 1 is 1.64 bits per heavy atom. The van der Waals surface area contributed by atoms with Gasteiger partial charge in [0.15, 0.2) is 0 Å². The highest BCUT2D eigenvalue weighted by atomic mass is 32.1. The maximum Gasteiger partial charge on any atom is 0.102 e. The summed E-state index contributed by atoms with van der Waals surface area (Å²) in [6, 6.07) is 4.09. The van der Waals surface area contributed by atoms with Crippen molar-refractivity contribution < 1.29 is 0 Å². The summed E-state index contributed by atoms with van der Waals surface area (Å²) in [5.74, 6) is 0.333. The standard InChI is InChI=1S/C8H10N2S/c9-7(10)8(3-4-8)6-2-1-5-11-6/h1-2,5H,3-4H2,(H3,9,10). The first-order chi connectivity index (χ1) is 5.26. The molecule has 1 saturated carbocycles. The Morgan fingerprint density at radius 2 is 2.36 bits per heavy atom. The first-order valence-electron chi connectivity index (χ1n) is 3.64. The third kappa shape index (κ3) is 0.878. The summed E-state index contributed by atoms with van der Waals surface area (Å²) in [7, 11) is 0. The first-order valence-corrected chi connectivity index (χ1v) is 4.52. The number of nitrogens with two attached hydrogens (primary N) is 1. The molecule has 0 radical (unpaired) electrons. The van der Waals surface area contributed by atoms with Crippen LogP contribution in [0.1, 0.15) is 17.7 Å². The summed E-state index contributed by atoms with van der Waals surface area (Å²) >= 11 is 1.70. The minimum atomic E-state index is -0.0475. The summed E-state index contributed by atoms with van der Waals surface area (Å²) in [6.07, 6.45) is 2.12. The van der Waals surface area contributed by atoms with E-state index in [4.69, 9.17) is 11.1 Å². The minimum Gasteiger partial charge on any atom is -0.387 e. The van der Waals surface area contributed by atoms with Crippen molar-refractivity contribution in [1.29, 1.82) is 5.41 Å². The van der Waals surface area contributed by atoms with Crippen molar-refractivity contribution in [1.82, 2.24) is 0 Å². The van der Waals surface area contributed by atoms with Gasteiger partial charge < -0.3 is 5.73 Å². The molecule has 0 unspecified atom stereocenters. The van der Waals surface area contributed by atoms with E-state index in [0.717, 1.165) is 12.8 Å². The number of hydrogen-bond acceptors (Lipinski definition) is 2. The van der Waals surface area contributed by atoms with Crippen LogP contribution < -0.4 is 5.73 Å². The molecule has 3 N–H and O–H groups in total. The van der Waals surface area contributed by atoms with Gasteiger partial charge in [-0.25, -0.2) is 0 Å². The first kappa shape index (κ1) is 6.85. The van der Waals surface area contributed by atoms with E-state index in [-0.39, 0.29) is 5.41 Å². The van der Waals surface area contributed by atoms with Crippen LogP contribution >= 0.6 is 11.3 Å². The maximum atomic E-state index is 7.42. The lowest BCUT2D eigenvalue weighted by Gasteiger charge is -2.09. The second kappa shape index (κ2) is 2.08. The van der Waals surface area contributed by atoms with Gasteiger partial charge in [-0.3, -0.25) is 5.41 Å². The number of thiophene rings is 1. The Hall–Kier alpha value is -0.830. The third-order valence-electron chi connectivity index (χ3n) is 2.26. The van der Waals surface area contributed by atoms with Gasteiger partial charge in [0.25, 0.3) is 0 Å². The molecule has 58 valence electrons. The fraction of sp³-hybridized carbons (Fsp3) is 0.375. The van der Waals surface area contributed by atoms with E-state index in [1.165, 1.54) is 4.88 Å². The molecular formula is C8H10N2S. The summed E-state index contributed by atoms with van der Waals surface area (Å²) in [5, 5.41) is 9.46. The molecule has 3 heteroatoms. The number of nitrogens with one attached hydrogen (secondary N) is 1. The fourth-order valence-corrected chi connectivity index (χ4v) is 2.32.